The highest BCUT2D eigenvalue weighted by Crippen LogP contribution is 2.30. The minimum atomic E-state index is -1.06. The number of anilines is 3. The predicted octanol–water partition coefficient (Wildman–Crippen LogP) is 0.992. The SMILES string of the molecule is COc1ccc(NC(=O)C(N)CCCN=C(N)N)cc1C(=O)CCCC(CCCN=C(N)N)C(=O)Nc1ccc(OC)c(C(=O)CCCC(CCCN=C(N)N)C(=O)Nc2ccc(OC)c(C(=O)NC(CCCN=C(N)N)C(N)=O)c2)c1. The van der Waals surface area contributed by atoms with E-state index in [1.165, 1.54) is 45.6 Å². The van der Waals surface area contributed by atoms with Gasteiger partial charge in [-0.1, -0.05) is 0 Å². The largest absolute Gasteiger partial charge is 0.496 e. The highest BCUT2D eigenvalue weighted by molar-refractivity contribution is 6.04. The van der Waals surface area contributed by atoms with Crippen LogP contribution >= 0.6 is 0 Å². The number of guanidine groups is 4. The zero-order valence-electron chi connectivity index (χ0n) is 46.9. The van der Waals surface area contributed by atoms with Gasteiger partial charge in [-0.15, -0.1) is 0 Å². The smallest absolute Gasteiger partial charge is 0.255 e. The highest BCUT2D eigenvalue weighted by Gasteiger charge is 2.26. The van der Waals surface area contributed by atoms with Gasteiger partial charge in [-0.3, -0.25) is 53.5 Å². The topological polar surface area (TPSA) is 505 Å². The van der Waals surface area contributed by atoms with Crippen LogP contribution in [0.15, 0.2) is 74.6 Å². The van der Waals surface area contributed by atoms with Gasteiger partial charge < -0.3 is 92.8 Å². The summed E-state index contributed by atoms with van der Waals surface area (Å²) in [7, 11) is 4.20. The number of ketones is 2. The van der Waals surface area contributed by atoms with Crippen molar-refractivity contribution < 1.29 is 47.8 Å². The van der Waals surface area contributed by atoms with E-state index in [1.54, 1.807) is 30.3 Å². The van der Waals surface area contributed by atoms with Gasteiger partial charge in [0.05, 0.1) is 44.1 Å². The molecule has 0 saturated heterocycles. The third-order valence-electron chi connectivity index (χ3n) is 12.8. The molecule has 4 unspecified atom stereocenters. The summed E-state index contributed by atoms with van der Waals surface area (Å²) in [6, 6.07) is 11.9. The second-order valence-electron chi connectivity index (χ2n) is 19.1. The van der Waals surface area contributed by atoms with Crippen LogP contribution in [0.25, 0.3) is 0 Å². The Kier molecular flexibility index (Phi) is 29.0. The van der Waals surface area contributed by atoms with Crippen LogP contribution in [-0.4, -0.2) is 125 Å². The Balaban J connectivity index is 1.75. The average molecular weight is 1140 g/mol. The molecule has 82 heavy (non-hydrogen) atoms. The van der Waals surface area contributed by atoms with Crippen molar-refractivity contribution in [3.8, 4) is 17.2 Å². The zero-order valence-corrected chi connectivity index (χ0v) is 46.9. The number of nitrogens with zero attached hydrogens (tertiary/aromatic N) is 4. The van der Waals surface area contributed by atoms with Gasteiger partial charge in [0, 0.05) is 67.9 Å². The summed E-state index contributed by atoms with van der Waals surface area (Å²) >= 11 is 0. The average Bonchev–Trinajstić information content (AvgIpc) is 3.48. The number of Topliss-reactive ketones (excluding diaryl/α,β-unsaturated/α-hetero) is 2. The van der Waals surface area contributed by atoms with Crippen LogP contribution in [-0.2, 0) is 19.2 Å². The molecule has 28 nitrogen and oxygen atoms in total. The molecule has 3 aromatic rings. The van der Waals surface area contributed by atoms with Gasteiger partial charge in [-0.2, -0.15) is 0 Å². The Hall–Kier alpha value is -9.21. The van der Waals surface area contributed by atoms with Gasteiger partial charge >= 0.3 is 0 Å². The molecule has 0 saturated carbocycles. The lowest BCUT2D eigenvalue weighted by Gasteiger charge is -2.19. The molecule has 0 spiro atoms. The number of hydrogen-bond acceptors (Lipinski definition) is 15. The molecule has 0 fully saturated rings. The number of primary amides is 1. The number of nitrogens with one attached hydrogen (secondary N) is 4. The normalized spacial score (nSPS) is 12.1. The number of nitrogens with two attached hydrogens (primary N) is 10. The van der Waals surface area contributed by atoms with E-state index < -0.39 is 47.5 Å². The first kappa shape index (κ1) is 67.1. The fourth-order valence-electron chi connectivity index (χ4n) is 8.56. The maximum atomic E-state index is 14.0. The van der Waals surface area contributed by atoms with Crippen LogP contribution in [0.3, 0.4) is 0 Å². The number of aliphatic imine (C=N–C) groups is 4. The van der Waals surface area contributed by atoms with Crippen LogP contribution in [0.4, 0.5) is 17.1 Å². The second kappa shape index (κ2) is 35.4. The van der Waals surface area contributed by atoms with Crippen molar-refractivity contribution in [2.75, 3.05) is 63.5 Å². The van der Waals surface area contributed by atoms with Crippen LogP contribution in [0.2, 0.25) is 0 Å². The Bertz CT molecular complexity index is 2770. The van der Waals surface area contributed by atoms with Crippen LogP contribution < -0.4 is 92.8 Å². The molecular weight excluding hydrogens is 1060 g/mol. The molecule has 24 N–H and O–H groups in total. The molecule has 0 aliphatic rings. The van der Waals surface area contributed by atoms with Crippen LogP contribution in [0, 0.1) is 11.8 Å². The third-order valence-corrected chi connectivity index (χ3v) is 12.8. The van der Waals surface area contributed by atoms with Crippen molar-refractivity contribution in [1.82, 2.24) is 5.32 Å². The Morgan fingerprint density at radius 3 is 1.13 bits per heavy atom. The van der Waals surface area contributed by atoms with E-state index >= 15 is 0 Å². The zero-order chi connectivity index (χ0) is 60.7. The molecule has 28 heteroatoms. The van der Waals surface area contributed by atoms with E-state index in [-0.39, 0.29) is 133 Å². The number of amides is 5. The lowest BCUT2D eigenvalue weighted by molar-refractivity contribution is -0.121. The van der Waals surface area contributed by atoms with Crippen LogP contribution in [0.5, 0.6) is 17.2 Å². The third kappa shape index (κ3) is 24.0. The minimum Gasteiger partial charge on any atom is -0.496 e. The van der Waals surface area contributed by atoms with E-state index in [2.05, 4.69) is 41.2 Å². The van der Waals surface area contributed by atoms with Gasteiger partial charge in [0.1, 0.15) is 23.3 Å². The lowest BCUT2D eigenvalue weighted by atomic mass is 9.93. The number of carbonyl (C=O) groups excluding carboxylic acids is 7. The van der Waals surface area contributed by atoms with Gasteiger partial charge in [0.2, 0.25) is 23.6 Å². The van der Waals surface area contributed by atoms with Gasteiger partial charge in [0.25, 0.3) is 5.91 Å². The first-order valence-corrected chi connectivity index (χ1v) is 26.7. The van der Waals surface area contributed by atoms with Crippen molar-refractivity contribution in [2.24, 2.45) is 89.1 Å². The van der Waals surface area contributed by atoms with Crippen LogP contribution in [0.1, 0.15) is 121 Å². The van der Waals surface area contributed by atoms with E-state index in [0.717, 1.165) is 0 Å². The first-order valence-electron chi connectivity index (χ1n) is 26.7. The molecule has 5 amide bonds. The summed E-state index contributed by atoms with van der Waals surface area (Å²) in [5, 5.41) is 11.1. The fraction of sp³-hybridized carbons (Fsp3) is 0.463. The molecule has 4 atom stereocenters. The summed E-state index contributed by atoms with van der Waals surface area (Å²) in [4.78, 5) is 110. The summed E-state index contributed by atoms with van der Waals surface area (Å²) in [5.74, 6) is -4.24. The molecule has 0 aromatic heterocycles. The van der Waals surface area contributed by atoms with Crippen molar-refractivity contribution in [3.63, 3.8) is 0 Å². The lowest BCUT2D eigenvalue weighted by Crippen LogP contribution is -2.44. The molecule has 0 radical (unpaired) electrons. The number of methoxy groups -OCH3 is 3. The standard InChI is InChI=1S/C54H82N18O10/c1-80-43-21-18-33(69-47(76)31(12-6-24-65-51(57)58)10-4-17-42(74)37-29-34(19-22-44(37)81-2)71-50(79)39(55)14-8-26-67-53(61)62)28-36(43)41(73)16-5-11-32(13-7-25-66-52(59)60)48(77)70-35-20-23-45(82-3)38(30-35)49(78)72-40(46(56)75)15-9-27-68-54(63)64/h18-23,28-32,39-40H,4-17,24-27,55H2,1-3H3,(H2,56,75)(H,69,76)(H,70,77)(H,71,79)(H,72,78)(H4,57,58,65)(H4,59,60,66)(H4,61,62,67)(H4,63,64,68). The number of carbonyl (C=O) groups is 7. The Labute approximate surface area is 476 Å². The van der Waals surface area contributed by atoms with Gasteiger partial charge in [0.15, 0.2) is 35.4 Å². The molecule has 0 heterocycles. The monoisotopic (exact) mass is 1140 g/mol. The molecule has 0 bridgehead atoms. The number of benzene rings is 3. The summed E-state index contributed by atoms with van der Waals surface area (Å²) in [6.45, 7) is 1.02. The highest BCUT2D eigenvalue weighted by atomic mass is 16.5. The van der Waals surface area contributed by atoms with Crippen molar-refractivity contribution in [2.45, 2.75) is 102 Å². The minimum absolute atomic E-state index is 0.0118. The van der Waals surface area contributed by atoms with Crippen molar-refractivity contribution >= 4 is 82.0 Å². The Morgan fingerprint density at radius 1 is 0.439 bits per heavy atom. The molecule has 3 rings (SSSR count). The van der Waals surface area contributed by atoms with E-state index in [0.29, 0.717) is 75.0 Å². The maximum absolute atomic E-state index is 14.0. The number of rotatable bonds is 38. The van der Waals surface area contributed by atoms with Gasteiger partial charge in [-0.25, -0.2) is 0 Å². The quantitative estimate of drug-likeness (QED) is 0.0165. The summed E-state index contributed by atoms with van der Waals surface area (Å²) in [5.41, 5.74) is 56.7. The predicted molar refractivity (Wildman–Crippen MR) is 316 cm³/mol. The molecule has 0 aliphatic heterocycles. The summed E-state index contributed by atoms with van der Waals surface area (Å²) in [6.07, 6.45) is 3.93. The molecule has 3 aromatic carbocycles. The maximum Gasteiger partial charge on any atom is 0.255 e. The molecule has 448 valence electrons. The number of ether oxygens (including phenoxy) is 3. The van der Waals surface area contributed by atoms with E-state index in [1.807, 2.05) is 0 Å². The van der Waals surface area contributed by atoms with Crippen molar-refractivity contribution in [1.29, 1.82) is 0 Å². The Morgan fingerprint density at radius 2 is 0.768 bits per heavy atom. The molecule has 0 aliphatic carbocycles. The first-order chi connectivity index (χ1) is 39.1. The summed E-state index contributed by atoms with van der Waals surface area (Å²) < 4.78 is 16.4. The van der Waals surface area contributed by atoms with Gasteiger partial charge in [-0.05, 0) is 132 Å². The molecular formula is C54H82N18O10. The van der Waals surface area contributed by atoms with E-state index in [9.17, 15) is 33.6 Å². The number of hydrogen-bond donors (Lipinski definition) is 14. The fourth-order valence-corrected chi connectivity index (χ4v) is 8.56. The van der Waals surface area contributed by atoms with E-state index in [4.69, 9.17) is 71.5 Å². The second-order valence-corrected chi connectivity index (χ2v) is 19.1. The van der Waals surface area contributed by atoms with Crippen molar-refractivity contribution in [3.05, 3.63) is 71.3 Å².